The summed E-state index contributed by atoms with van der Waals surface area (Å²) in [7, 11) is 1.65. The Morgan fingerprint density at radius 1 is 1.00 bits per heavy atom. The van der Waals surface area contributed by atoms with Crippen LogP contribution >= 0.6 is 0 Å². The second-order valence-corrected chi connectivity index (χ2v) is 7.05. The number of rotatable bonds is 6. The molecule has 3 N–H and O–H groups in total. The van der Waals surface area contributed by atoms with Crippen LogP contribution in [0.4, 0.5) is 4.39 Å². The highest BCUT2D eigenvalue weighted by Crippen LogP contribution is 2.29. The van der Waals surface area contributed by atoms with Crippen molar-refractivity contribution < 1.29 is 19.6 Å². The van der Waals surface area contributed by atoms with Crippen LogP contribution in [-0.4, -0.2) is 22.9 Å². The molecule has 0 radical (unpaired) electrons. The Kier molecular flexibility index (Phi) is 5.18. The lowest BCUT2D eigenvalue weighted by molar-refractivity contribution is -0.431. The maximum absolute atomic E-state index is 13.2. The third kappa shape index (κ3) is 3.93. The maximum atomic E-state index is 13.2. The van der Waals surface area contributed by atoms with E-state index in [-0.39, 0.29) is 18.0 Å². The molecule has 2 unspecified atom stereocenters. The molecule has 4 aromatic rings. The van der Waals surface area contributed by atoms with Gasteiger partial charge in [0.25, 0.3) is 0 Å². The van der Waals surface area contributed by atoms with Gasteiger partial charge in [-0.2, -0.15) is 5.10 Å². The smallest absolute Gasteiger partial charge is 0.175 e. The van der Waals surface area contributed by atoms with Gasteiger partial charge in [0.1, 0.15) is 23.4 Å². The van der Waals surface area contributed by atoms with Crippen LogP contribution in [0.5, 0.6) is 11.5 Å². The lowest BCUT2D eigenvalue weighted by Crippen LogP contribution is -2.62. The predicted octanol–water partition coefficient (Wildman–Crippen LogP) is 3.92. The van der Waals surface area contributed by atoms with Gasteiger partial charge < -0.3 is 15.2 Å². The number of ether oxygens (including phenoxy) is 2. The summed E-state index contributed by atoms with van der Waals surface area (Å²) in [5, 5.41) is 5.38. The first kappa shape index (κ1) is 19.0. The van der Waals surface area contributed by atoms with Gasteiger partial charge in [-0.1, -0.05) is 12.1 Å². The molecule has 0 bridgehead atoms. The van der Waals surface area contributed by atoms with Gasteiger partial charge >= 0.3 is 0 Å². The van der Waals surface area contributed by atoms with Crippen LogP contribution < -0.4 is 15.2 Å². The molecular weight excluding hydrogens is 369 g/mol. The number of hydrogen-bond acceptors (Lipinski definition) is 3. The zero-order valence-electron chi connectivity index (χ0n) is 16.4. The molecule has 4 rings (SSSR count). The molecule has 0 aliphatic heterocycles. The molecule has 148 valence electrons. The fraction of sp³-hybridized carbons (Fsp3) is 0.174. The summed E-state index contributed by atoms with van der Waals surface area (Å²) in [4.78, 5) is 0. The first-order valence-corrected chi connectivity index (χ1v) is 9.42. The standard InChI is InChI=1S/C23H22FN3O2/c1-15(25)23(16-4-3-5-20(12-16)28-2)29-21-10-11-22-17(13-21)14-26-27(22)19-8-6-18(24)7-9-19/h3-15,23H,25H2,1-2H3/p+1. The van der Waals surface area contributed by atoms with Crippen molar-refractivity contribution in [1.82, 2.24) is 9.78 Å². The summed E-state index contributed by atoms with van der Waals surface area (Å²) < 4.78 is 26.6. The third-order valence-corrected chi connectivity index (χ3v) is 4.81. The molecule has 0 saturated heterocycles. The molecule has 6 heteroatoms. The Balaban J connectivity index is 1.64. The quantitative estimate of drug-likeness (QED) is 0.541. The number of nitrogens with zero attached hydrogens (tertiary/aromatic N) is 2. The van der Waals surface area contributed by atoms with E-state index in [2.05, 4.69) is 10.8 Å². The van der Waals surface area contributed by atoms with Crippen molar-refractivity contribution in [3.05, 3.63) is 84.3 Å². The van der Waals surface area contributed by atoms with E-state index in [1.165, 1.54) is 12.1 Å². The molecule has 0 aliphatic carbocycles. The molecule has 1 heterocycles. The van der Waals surface area contributed by atoms with E-state index in [9.17, 15) is 4.39 Å². The number of aromatic nitrogens is 2. The first-order chi connectivity index (χ1) is 14.0. The topological polar surface area (TPSA) is 63.9 Å². The zero-order valence-corrected chi connectivity index (χ0v) is 16.4. The minimum atomic E-state index is -0.272. The molecule has 0 spiro atoms. The molecule has 2 atom stereocenters. The van der Waals surface area contributed by atoms with E-state index < -0.39 is 0 Å². The van der Waals surface area contributed by atoms with Crippen LogP contribution in [0.2, 0.25) is 0 Å². The van der Waals surface area contributed by atoms with Gasteiger partial charge in [0.05, 0.1) is 24.5 Å². The maximum Gasteiger partial charge on any atom is 0.175 e. The fourth-order valence-electron chi connectivity index (χ4n) is 3.35. The minimum absolute atomic E-state index is 0.0275. The first-order valence-electron chi connectivity index (χ1n) is 9.42. The second kappa shape index (κ2) is 7.93. The van der Waals surface area contributed by atoms with Crippen LogP contribution in [0.15, 0.2) is 72.9 Å². The number of quaternary nitrogens is 1. The van der Waals surface area contributed by atoms with Crippen LogP contribution in [0, 0.1) is 5.82 Å². The Morgan fingerprint density at radius 3 is 2.52 bits per heavy atom. The van der Waals surface area contributed by atoms with Crippen molar-refractivity contribution in [2.75, 3.05) is 7.11 Å². The molecule has 0 fully saturated rings. The van der Waals surface area contributed by atoms with Crippen molar-refractivity contribution in [3.63, 3.8) is 0 Å². The Hall–Kier alpha value is -3.38. The second-order valence-electron chi connectivity index (χ2n) is 7.05. The number of halogens is 1. The summed E-state index contributed by atoms with van der Waals surface area (Å²) >= 11 is 0. The van der Waals surface area contributed by atoms with Gasteiger partial charge in [-0.05, 0) is 61.5 Å². The summed E-state index contributed by atoms with van der Waals surface area (Å²) in [6.07, 6.45) is 1.56. The Bertz CT molecular complexity index is 1120. The van der Waals surface area contributed by atoms with Crippen LogP contribution in [-0.2, 0) is 0 Å². The van der Waals surface area contributed by atoms with Gasteiger partial charge in [0.15, 0.2) is 6.10 Å². The normalized spacial score (nSPS) is 13.2. The summed E-state index contributed by atoms with van der Waals surface area (Å²) in [5.41, 5.74) is 6.90. The molecule has 0 saturated carbocycles. The fourth-order valence-corrected chi connectivity index (χ4v) is 3.35. The van der Waals surface area contributed by atoms with E-state index in [0.29, 0.717) is 0 Å². The number of fused-ring (bicyclic) bond motifs is 1. The van der Waals surface area contributed by atoms with Gasteiger partial charge in [-0.15, -0.1) is 0 Å². The monoisotopic (exact) mass is 392 g/mol. The van der Waals surface area contributed by atoms with Crippen molar-refractivity contribution in [1.29, 1.82) is 0 Å². The minimum Gasteiger partial charge on any atom is -0.497 e. The van der Waals surface area contributed by atoms with E-state index >= 15 is 0 Å². The average Bonchev–Trinajstić information content (AvgIpc) is 3.15. The highest BCUT2D eigenvalue weighted by Gasteiger charge is 2.22. The molecule has 1 aromatic heterocycles. The zero-order chi connectivity index (χ0) is 20.4. The van der Waals surface area contributed by atoms with E-state index in [0.717, 1.165) is 33.7 Å². The van der Waals surface area contributed by atoms with Gasteiger partial charge in [-0.25, -0.2) is 9.07 Å². The SMILES string of the molecule is COc1cccc(C(Oc2ccc3c(cnn3-c3ccc(F)cc3)c2)C(C)[NH3+])c1. The third-order valence-electron chi connectivity index (χ3n) is 4.81. The average molecular weight is 392 g/mol. The highest BCUT2D eigenvalue weighted by atomic mass is 19.1. The van der Waals surface area contributed by atoms with Crippen LogP contribution in [0.25, 0.3) is 16.6 Å². The van der Waals surface area contributed by atoms with Crippen molar-refractivity contribution in [2.24, 2.45) is 0 Å². The predicted molar refractivity (Wildman–Crippen MR) is 110 cm³/mol. The van der Waals surface area contributed by atoms with Crippen molar-refractivity contribution >= 4 is 10.9 Å². The van der Waals surface area contributed by atoms with Gasteiger partial charge in [0.2, 0.25) is 0 Å². The van der Waals surface area contributed by atoms with E-state index in [1.54, 1.807) is 30.1 Å². The highest BCUT2D eigenvalue weighted by molar-refractivity contribution is 5.81. The van der Waals surface area contributed by atoms with Gasteiger partial charge in [-0.3, -0.25) is 0 Å². The van der Waals surface area contributed by atoms with Crippen molar-refractivity contribution in [3.8, 4) is 17.2 Å². The van der Waals surface area contributed by atoms with Gasteiger partial charge in [0, 0.05) is 10.9 Å². The lowest BCUT2D eigenvalue weighted by atomic mass is 10.0. The van der Waals surface area contributed by atoms with Crippen molar-refractivity contribution in [2.45, 2.75) is 19.1 Å². The summed E-state index contributed by atoms with van der Waals surface area (Å²) in [5.74, 6) is 1.25. The largest absolute Gasteiger partial charge is 0.497 e. The summed E-state index contributed by atoms with van der Waals surface area (Å²) in [6, 6.07) is 20.0. The lowest BCUT2D eigenvalue weighted by Gasteiger charge is -2.21. The molecule has 29 heavy (non-hydrogen) atoms. The Morgan fingerprint density at radius 2 is 1.79 bits per heavy atom. The number of hydrogen-bond donors (Lipinski definition) is 1. The number of benzene rings is 3. The van der Waals surface area contributed by atoms with E-state index in [1.807, 2.05) is 49.4 Å². The summed E-state index contributed by atoms with van der Waals surface area (Å²) in [6.45, 7) is 2.02. The molecule has 3 aromatic carbocycles. The molecule has 5 nitrogen and oxygen atoms in total. The Labute approximate surface area is 168 Å². The van der Waals surface area contributed by atoms with Crippen LogP contribution in [0.1, 0.15) is 18.6 Å². The van der Waals surface area contributed by atoms with E-state index in [4.69, 9.17) is 9.47 Å². The number of methoxy groups -OCH3 is 1. The van der Waals surface area contributed by atoms with Crippen LogP contribution in [0.3, 0.4) is 0 Å². The molecule has 0 amide bonds. The molecule has 0 aliphatic rings. The molecular formula is C23H23FN3O2+.